The van der Waals surface area contributed by atoms with Crippen LogP contribution < -0.4 is 0 Å². The minimum Gasteiger partial charge on any atom is -0.388 e. The second kappa shape index (κ2) is 4.88. The van der Waals surface area contributed by atoms with Gasteiger partial charge in [-0.05, 0) is 12.6 Å². The molecule has 2 heterocycles. The maximum Gasteiger partial charge on any atom is 0.145 e. The van der Waals surface area contributed by atoms with Crippen molar-refractivity contribution < 1.29 is 4.84 Å². The molecule has 0 radical (unpaired) electrons. The summed E-state index contributed by atoms with van der Waals surface area (Å²) in [5.74, 6) is 0. The van der Waals surface area contributed by atoms with Crippen LogP contribution in [0.15, 0.2) is 42.1 Å². The highest BCUT2D eigenvalue weighted by molar-refractivity contribution is 6.03. The molecule has 1 fully saturated rings. The van der Waals surface area contributed by atoms with Crippen molar-refractivity contribution in [2.24, 2.45) is 5.16 Å². The lowest BCUT2D eigenvalue weighted by Crippen LogP contribution is -2.42. The number of hydrogen-bond acceptors (Lipinski definition) is 3. The van der Waals surface area contributed by atoms with E-state index in [1.54, 1.807) is 6.08 Å². The average molecular weight is 232 g/mol. The molecule has 0 aromatic heterocycles. The van der Waals surface area contributed by atoms with Crippen molar-refractivity contribution >= 4 is 5.71 Å². The summed E-state index contributed by atoms with van der Waals surface area (Å²) < 4.78 is 0. The van der Waals surface area contributed by atoms with E-state index in [2.05, 4.69) is 30.3 Å². The van der Waals surface area contributed by atoms with E-state index in [-0.39, 0.29) is 5.60 Å². The molecule has 0 atom stereocenters. The molecule has 0 aliphatic carbocycles. The van der Waals surface area contributed by atoms with Gasteiger partial charge >= 0.3 is 0 Å². The van der Waals surface area contributed by atoms with Gasteiger partial charge in [0.2, 0.25) is 0 Å². The molecule has 92 valence electrons. The van der Waals surface area contributed by atoms with Gasteiger partial charge in [0, 0.05) is 32.4 Å². The fourth-order valence-electron chi connectivity index (χ4n) is 2.38. The van der Waals surface area contributed by atoms with Crippen molar-refractivity contribution in [2.45, 2.75) is 24.9 Å². The van der Waals surface area contributed by atoms with Crippen LogP contribution in [0.3, 0.4) is 0 Å². The van der Waals surface area contributed by atoms with Crippen LogP contribution in [0.2, 0.25) is 0 Å². The van der Waals surface area contributed by atoms with Crippen LogP contribution in [-0.4, -0.2) is 36.3 Å². The number of likely N-dealkylation sites (tertiary alicyclic amines) is 1. The van der Waals surface area contributed by atoms with Gasteiger partial charge in [0.05, 0.1) is 5.71 Å². The second-order valence-corrected chi connectivity index (χ2v) is 4.85. The largest absolute Gasteiger partial charge is 0.388 e. The number of hydrogen-bond donors (Lipinski definition) is 0. The first-order valence-corrected chi connectivity index (χ1v) is 6.08. The summed E-state index contributed by atoms with van der Waals surface area (Å²) in [7, 11) is 2.15. The molecule has 3 nitrogen and oxygen atoms in total. The molecule has 2 aliphatic heterocycles. The van der Waals surface area contributed by atoms with Crippen molar-refractivity contribution in [3.63, 3.8) is 0 Å². The third-order valence-electron chi connectivity index (χ3n) is 3.59. The Morgan fingerprint density at radius 1 is 1.41 bits per heavy atom. The predicted molar refractivity (Wildman–Crippen MR) is 71.1 cm³/mol. The highest BCUT2D eigenvalue weighted by Gasteiger charge is 2.41. The normalized spacial score (nSPS) is 24.3. The zero-order chi connectivity index (χ0) is 12.3. The summed E-state index contributed by atoms with van der Waals surface area (Å²) in [4.78, 5) is 8.04. The van der Waals surface area contributed by atoms with Crippen LogP contribution in [0.25, 0.3) is 0 Å². The molecule has 0 saturated carbocycles. The molecular formula is C14H20N2O. The molecular weight excluding hydrogens is 212 g/mol. The minimum atomic E-state index is -0.0644. The topological polar surface area (TPSA) is 24.8 Å². The van der Waals surface area contributed by atoms with Crippen LogP contribution in [0.1, 0.15) is 19.3 Å². The molecule has 0 aromatic rings. The third kappa shape index (κ3) is 2.50. The molecule has 2 rings (SSSR count). The van der Waals surface area contributed by atoms with Gasteiger partial charge in [0.15, 0.2) is 0 Å². The Morgan fingerprint density at radius 2 is 2.12 bits per heavy atom. The molecule has 0 amide bonds. The predicted octanol–water partition coefficient (Wildman–Crippen LogP) is 2.53. The zero-order valence-corrected chi connectivity index (χ0v) is 10.5. The number of piperidine rings is 1. The molecule has 0 N–H and O–H groups in total. The first-order valence-electron chi connectivity index (χ1n) is 6.08. The van der Waals surface area contributed by atoms with Gasteiger partial charge in [-0.3, -0.25) is 0 Å². The Kier molecular flexibility index (Phi) is 3.48. The van der Waals surface area contributed by atoms with Crippen molar-refractivity contribution in [3.05, 3.63) is 37.0 Å². The summed E-state index contributed by atoms with van der Waals surface area (Å²) in [6.45, 7) is 9.68. The fraction of sp³-hybridized carbons (Fsp3) is 0.500. The third-order valence-corrected chi connectivity index (χ3v) is 3.59. The minimum absolute atomic E-state index is 0.0644. The summed E-state index contributed by atoms with van der Waals surface area (Å²) >= 11 is 0. The van der Waals surface area contributed by atoms with E-state index >= 15 is 0 Å². The summed E-state index contributed by atoms with van der Waals surface area (Å²) in [6, 6.07) is 0. The van der Waals surface area contributed by atoms with Gasteiger partial charge in [0.25, 0.3) is 0 Å². The monoisotopic (exact) mass is 232 g/mol. The van der Waals surface area contributed by atoms with E-state index in [4.69, 9.17) is 4.84 Å². The lowest BCUT2D eigenvalue weighted by Gasteiger charge is -2.35. The van der Waals surface area contributed by atoms with Gasteiger partial charge in [-0.25, -0.2) is 0 Å². The molecule has 0 aromatic carbocycles. The average Bonchev–Trinajstić information content (AvgIpc) is 2.75. The molecule has 1 spiro atoms. The summed E-state index contributed by atoms with van der Waals surface area (Å²) in [6.07, 6.45) is 8.51. The van der Waals surface area contributed by atoms with Crippen molar-refractivity contribution in [2.75, 3.05) is 20.1 Å². The molecule has 3 heteroatoms. The fourth-order valence-corrected chi connectivity index (χ4v) is 2.38. The Hall–Kier alpha value is -1.35. The SMILES string of the molecule is C=C/C=C(\C=C)C1=NOC2(CCN(C)CC2)C1. The van der Waals surface area contributed by atoms with Gasteiger partial charge in [-0.2, -0.15) is 0 Å². The van der Waals surface area contributed by atoms with Gasteiger partial charge in [0.1, 0.15) is 5.60 Å². The second-order valence-electron chi connectivity index (χ2n) is 4.85. The molecule has 0 unspecified atom stereocenters. The summed E-state index contributed by atoms with van der Waals surface area (Å²) in [5, 5.41) is 4.24. The highest BCUT2D eigenvalue weighted by Crippen LogP contribution is 2.35. The van der Waals surface area contributed by atoms with Crippen molar-refractivity contribution in [1.29, 1.82) is 0 Å². The van der Waals surface area contributed by atoms with Crippen LogP contribution in [0.5, 0.6) is 0 Å². The highest BCUT2D eigenvalue weighted by atomic mass is 16.7. The molecule has 1 saturated heterocycles. The number of allylic oxidation sites excluding steroid dienone is 4. The van der Waals surface area contributed by atoms with Gasteiger partial charge < -0.3 is 9.74 Å². The van der Waals surface area contributed by atoms with E-state index in [0.29, 0.717) is 0 Å². The maximum absolute atomic E-state index is 5.71. The van der Waals surface area contributed by atoms with Gasteiger partial charge in [-0.15, -0.1) is 0 Å². The van der Waals surface area contributed by atoms with E-state index < -0.39 is 0 Å². The number of oxime groups is 1. The van der Waals surface area contributed by atoms with Crippen LogP contribution in [0.4, 0.5) is 0 Å². The molecule has 0 bridgehead atoms. The Labute approximate surface area is 103 Å². The van der Waals surface area contributed by atoms with E-state index in [1.807, 2.05) is 12.2 Å². The lowest BCUT2D eigenvalue weighted by atomic mass is 9.85. The number of rotatable bonds is 3. The number of nitrogens with zero attached hydrogens (tertiary/aromatic N) is 2. The maximum atomic E-state index is 5.71. The van der Waals surface area contributed by atoms with E-state index in [9.17, 15) is 0 Å². The molecule has 2 aliphatic rings. The Bertz CT molecular complexity index is 374. The first-order chi connectivity index (χ1) is 8.19. The van der Waals surface area contributed by atoms with Crippen LogP contribution in [0, 0.1) is 0 Å². The van der Waals surface area contributed by atoms with Crippen LogP contribution in [-0.2, 0) is 4.84 Å². The van der Waals surface area contributed by atoms with E-state index in [1.165, 1.54) is 0 Å². The van der Waals surface area contributed by atoms with E-state index in [0.717, 1.165) is 43.6 Å². The smallest absolute Gasteiger partial charge is 0.145 e. The summed E-state index contributed by atoms with van der Waals surface area (Å²) in [5.41, 5.74) is 1.96. The van der Waals surface area contributed by atoms with Crippen LogP contribution >= 0.6 is 0 Å². The lowest BCUT2D eigenvalue weighted by molar-refractivity contribution is -0.0578. The Morgan fingerprint density at radius 3 is 2.71 bits per heavy atom. The quantitative estimate of drug-likeness (QED) is 0.698. The van der Waals surface area contributed by atoms with Crippen molar-refractivity contribution in [3.8, 4) is 0 Å². The standard InChI is InChI=1S/C14H20N2O/c1-4-6-12(5-2)13-11-14(17-15-13)7-9-16(3)10-8-14/h4-6H,1-2,7-11H2,3H3/b12-6+. The Balaban J connectivity index is 2.05. The molecule has 17 heavy (non-hydrogen) atoms. The first kappa shape index (κ1) is 12.1. The van der Waals surface area contributed by atoms with Crippen molar-refractivity contribution in [1.82, 2.24) is 4.90 Å². The van der Waals surface area contributed by atoms with Gasteiger partial charge in [-0.1, -0.05) is 36.5 Å². The zero-order valence-electron chi connectivity index (χ0n) is 10.5.